The van der Waals surface area contributed by atoms with Gasteiger partial charge in [-0.2, -0.15) is 0 Å². The molecule has 82 valence electrons. The number of rotatable bonds is 2. The minimum atomic E-state index is -3.26. The van der Waals surface area contributed by atoms with E-state index >= 15 is 0 Å². The first-order chi connectivity index (χ1) is 6.45. The first-order valence-electron chi connectivity index (χ1n) is 4.28. The van der Waals surface area contributed by atoms with Gasteiger partial charge in [0.15, 0.2) is 14.9 Å². The van der Waals surface area contributed by atoms with Gasteiger partial charge in [0, 0.05) is 19.5 Å². The van der Waals surface area contributed by atoms with Crippen molar-refractivity contribution in [2.75, 3.05) is 6.26 Å². The van der Waals surface area contributed by atoms with Crippen molar-refractivity contribution in [3.8, 4) is 0 Å². The van der Waals surface area contributed by atoms with Gasteiger partial charge in [0.1, 0.15) is 12.4 Å². The molecule has 0 aromatic carbocycles. The molecule has 0 radical (unpaired) electrons. The third-order valence-electron chi connectivity index (χ3n) is 1.47. The van der Waals surface area contributed by atoms with Crippen LogP contribution in [0.3, 0.4) is 0 Å². The molecule has 1 aromatic heterocycles. The zero-order valence-corrected chi connectivity index (χ0v) is 9.67. The lowest BCUT2D eigenvalue weighted by Gasteiger charge is -1.91. The highest BCUT2D eigenvalue weighted by Gasteiger charge is 2.12. The Morgan fingerprint density at radius 2 is 2.00 bits per heavy atom. The molecular formula is C8H16N2O3S. The van der Waals surface area contributed by atoms with E-state index < -0.39 is 9.84 Å². The average Bonchev–Trinajstić information content (AvgIpc) is 2.49. The van der Waals surface area contributed by atoms with Gasteiger partial charge in [-0.05, 0) is 0 Å². The maximum Gasteiger partial charge on any atom is 0.194 e. The smallest absolute Gasteiger partial charge is 0.194 e. The van der Waals surface area contributed by atoms with Crippen molar-refractivity contribution in [3.63, 3.8) is 0 Å². The summed E-state index contributed by atoms with van der Waals surface area (Å²) in [5.41, 5.74) is 0. The molecule has 0 saturated heterocycles. The molecule has 6 heteroatoms. The van der Waals surface area contributed by atoms with Gasteiger partial charge in [-0.3, -0.25) is 0 Å². The summed E-state index contributed by atoms with van der Waals surface area (Å²) in [6.07, 6.45) is 2.46. The van der Waals surface area contributed by atoms with Crippen LogP contribution in [0.1, 0.15) is 19.7 Å². The Morgan fingerprint density at radius 1 is 1.50 bits per heavy atom. The van der Waals surface area contributed by atoms with Crippen molar-refractivity contribution >= 4 is 9.84 Å². The molecule has 0 aliphatic heterocycles. The lowest BCUT2D eigenvalue weighted by atomic mass is 10.6. The van der Waals surface area contributed by atoms with Gasteiger partial charge < -0.3 is 9.67 Å². The normalized spacial score (nSPS) is 10.6. The number of imidazole rings is 1. The summed E-state index contributed by atoms with van der Waals surface area (Å²) in [5.74, 6) is 0.343. The Bertz CT molecular complexity index is 381. The number of nitrogens with zero attached hydrogens (tertiary/aromatic N) is 2. The van der Waals surface area contributed by atoms with Crippen LogP contribution in [-0.4, -0.2) is 29.3 Å². The summed E-state index contributed by atoms with van der Waals surface area (Å²) in [5, 5.41) is 8.71. The minimum absolute atomic E-state index is 0.00551. The Labute approximate surface area is 84.3 Å². The fraction of sp³-hybridized carbons (Fsp3) is 0.625. The standard InChI is InChI=1S/C6H10N2O3S.C2H6/c1-8-3-6(12(2,10)11)7-5(8)4-9;1-2/h3,9H,4H2,1-2H3;1-2H3. The zero-order valence-electron chi connectivity index (χ0n) is 8.85. The van der Waals surface area contributed by atoms with Crippen LogP contribution >= 0.6 is 0 Å². The van der Waals surface area contributed by atoms with Crippen LogP contribution in [0.5, 0.6) is 0 Å². The fourth-order valence-corrected chi connectivity index (χ4v) is 1.42. The molecule has 0 amide bonds. The molecule has 0 spiro atoms. The first-order valence-corrected chi connectivity index (χ1v) is 6.17. The number of aromatic nitrogens is 2. The average molecular weight is 220 g/mol. The molecule has 0 fully saturated rings. The van der Waals surface area contributed by atoms with Crippen LogP contribution in [0, 0.1) is 0 Å². The SMILES string of the molecule is CC.Cn1cc(S(C)(=O)=O)nc1CO. The van der Waals surface area contributed by atoms with Gasteiger partial charge in [0.25, 0.3) is 0 Å². The van der Waals surface area contributed by atoms with Gasteiger partial charge in [0.05, 0.1) is 0 Å². The van der Waals surface area contributed by atoms with E-state index in [1.807, 2.05) is 13.8 Å². The van der Waals surface area contributed by atoms with Gasteiger partial charge >= 0.3 is 0 Å². The number of aliphatic hydroxyl groups is 1. The predicted molar refractivity (Wildman–Crippen MR) is 53.6 cm³/mol. The largest absolute Gasteiger partial charge is 0.388 e. The fourth-order valence-electron chi connectivity index (χ4n) is 0.801. The van der Waals surface area contributed by atoms with Crippen molar-refractivity contribution in [3.05, 3.63) is 12.0 Å². The van der Waals surface area contributed by atoms with Crippen molar-refractivity contribution in [2.45, 2.75) is 25.5 Å². The van der Waals surface area contributed by atoms with E-state index in [0.29, 0.717) is 5.82 Å². The molecule has 0 unspecified atom stereocenters. The quantitative estimate of drug-likeness (QED) is 0.780. The van der Waals surface area contributed by atoms with Gasteiger partial charge in [-0.25, -0.2) is 13.4 Å². The molecule has 0 bridgehead atoms. The second-order valence-electron chi connectivity index (χ2n) is 2.54. The molecule has 0 aliphatic rings. The van der Waals surface area contributed by atoms with E-state index in [0.717, 1.165) is 6.26 Å². The number of hydrogen-bond acceptors (Lipinski definition) is 4. The maximum absolute atomic E-state index is 11.0. The third kappa shape index (κ3) is 3.12. The molecule has 14 heavy (non-hydrogen) atoms. The summed E-state index contributed by atoms with van der Waals surface area (Å²) < 4.78 is 23.4. The first kappa shape index (κ1) is 13.1. The van der Waals surface area contributed by atoms with E-state index in [4.69, 9.17) is 5.11 Å². The van der Waals surface area contributed by atoms with Crippen LogP contribution in [0.15, 0.2) is 11.2 Å². The third-order valence-corrected chi connectivity index (χ3v) is 2.43. The minimum Gasteiger partial charge on any atom is -0.388 e. The summed E-state index contributed by atoms with van der Waals surface area (Å²) in [6.45, 7) is 3.74. The van der Waals surface area contributed by atoms with Crippen molar-refractivity contribution in [1.82, 2.24) is 9.55 Å². The zero-order chi connectivity index (χ0) is 11.4. The lowest BCUT2D eigenvalue weighted by Crippen LogP contribution is -1.97. The van der Waals surface area contributed by atoms with E-state index in [-0.39, 0.29) is 11.6 Å². The second-order valence-corrected chi connectivity index (χ2v) is 4.50. The Morgan fingerprint density at radius 3 is 2.21 bits per heavy atom. The van der Waals surface area contributed by atoms with Crippen LogP contribution in [0.2, 0.25) is 0 Å². The van der Waals surface area contributed by atoms with E-state index in [1.54, 1.807) is 7.05 Å². The predicted octanol–water partition coefficient (Wildman–Crippen LogP) is 0.342. The number of sulfone groups is 1. The van der Waals surface area contributed by atoms with Crippen molar-refractivity contribution < 1.29 is 13.5 Å². The van der Waals surface area contributed by atoms with Crippen molar-refractivity contribution in [1.29, 1.82) is 0 Å². The molecule has 0 saturated carbocycles. The molecular weight excluding hydrogens is 204 g/mol. The Balaban J connectivity index is 0.000000791. The summed E-state index contributed by atoms with van der Waals surface area (Å²) >= 11 is 0. The highest BCUT2D eigenvalue weighted by atomic mass is 32.2. The number of aliphatic hydroxyl groups excluding tert-OH is 1. The molecule has 1 rings (SSSR count). The highest BCUT2D eigenvalue weighted by Crippen LogP contribution is 2.07. The number of hydrogen-bond donors (Lipinski definition) is 1. The highest BCUT2D eigenvalue weighted by molar-refractivity contribution is 7.90. The second kappa shape index (κ2) is 5.11. The summed E-state index contributed by atoms with van der Waals surface area (Å²) in [7, 11) is -1.63. The number of aryl methyl sites for hydroxylation is 1. The van der Waals surface area contributed by atoms with Gasteiger partial charge in [0.2, 0.25) is 0 Å². The van der Waals surface area contributed by atoms with Gasteiger partial charge in [-0.15, -0.1) is 0 Å². The Kier molecular flexibility index (Phi) is 4.79. The van der Waals surface area contributed by atoms with Crippen LogP contribution in [0.4, 0.5) is 0 Å². The maximum atomic E-state index is 11.0. The lowest BCUT2D eigenvalue weighted by molar-refractivity contribution is 0.267. The molecule has 1 N–H and O–H groups in total. The molecule has 0 atom stereocenters. The van der Waals surface area contributed by atoms with E-state index in [9.17, 15) is 8.42 Å². The van der Waals surface area contributed by atoms with Crippen LogP contribution in [-0.2, 0) is 23.5 Å². The molecule has 1 aromatic rings. The Hall–Kier alpha value is -0.880. The van der Waals surface area contributed by atoms with Crippen molar-refractivity contribution in [2.24, 2.45) is 7.05 Å². The van der Waals surface area contributed by atoms with Gasteiger partial charge in [-0.1, -0.05) is 13.8 Å². The summed E-state index contributed by atoms with van der Waals surface area (Å²) in [6, 6.07) is 0. The molecule has 0 aliphatic carbocycles. The monoisotopic (exact) mass is 220 g/mol. The summed E-state index contributed by atoms with van der Waals surface area (Å²) in [4.78, 5) is 3.72. The van der Waals surface area contributed by atoms with Crippen LogP contribution < -0.4 is 0 Å². The molecule has 1 heterocycles. The van der Waals surface area contributed by atoms with Crippen LogP contribution in [0.25, 0.3) is 0 Å². The topological polar surface area (TPSA) is 72.2 Å². The van der Waals surface area contributed by atoms with E-state index in [2.05, 4.69) is 4.98 Å². The van der Waals surface area contributed by atoms with E-state index in [1.165, 1.54) is 10.8 Å². The molecule has 5 nitrogen and oxygen atoms in total.